The first-order valence-electron chi connectivity index (χ1n) is 10.9. The van der Waals surface area contributed by atoms with Gasteiger partial charge in [-0.15, -0.1) is 0 Å². The van der Waals surface area contributed by atoms with Crippen molar-refractivity contribution in [1.29, 1.82) is 10.8 Å². The van der Waals surface area contributed by atoms with Crippen LogP contribution < -0.4 is 0 Å². The quantitative estimate of drug-likeness (QED) is 0.309. The summed E-state index contributed by atoms with van der Waals surface area (Å²) >= 11 is 0. The molecule has 0 aliphatic heterocycles. The number of hydrogen-bond donors (Lipinski definition) is 2. The zero-order chi connectivity index (χ0) is 23.3. The van der Waals surface area contributed by atoms with Crippen molar-refractivity contribution in [3.05, 3.63) is 81.9 Å². The summed E-state index contributed by atoms with van der Waals surface area (Å²) in [4.78, 5) is 16.8. The smallest absolute Gasteiger partial charge is 0.185 e. The van der Waals surface area contributed by atoms with E-state index in [0.717, 1.165) is 59.1 Å². The molecule has 1 fully saturated rings. The Bertz CT molecular complexity index is 972. The van der Waals surface area contributed by atoms with Gasteiger partial charge in [0.05, 0.1) is 0 Å². The van der Waals surface area contributed by atoms with Crippen molar-refractivity contribution in [2.24, 2.45) is 0 Å². The number of ketones is 1. The van der Waals surface area contributed by atoms with Gasteiger partial charge in [-0.05, 0) is 49.0 Å². The Morgan fingerprint density at radius 2 is 1.03 bits per heavy atom. The molecule has 5 nitrogen and oxygen atoms in total. The van der Waals surface area contributed by atoms with Gasteiger partial charge >= 0.3 is 0 Å². The monoisotopic (exact) mass is 428 g/mol. The van der Waals surface area contributed by atoms with Crippen molar-refractivity contribution in [3.8, 4) is 0 Å². The molecule has 0 spiro atoms. The highest BCUT2D eigenvalue weighted by Crippen LogP contribution is 2.27. The molecular weight excluding hydrogens is 396 g/mol. The third-order valence-corrected chi connectivity index (χ3v) is 5.67. The molecule has 0 bridgehead atoms. The molecule has 1 aliphatic carbocycles. The molecule has 0 atom stereocenters. The van der Waals surface area contributed by atoms with Gasteiger partial charge in [-0.2, -0.15) is 0 Å². The molecule has 0 heterocycles. The number of Topliss-reactive ketones (excluding diaryl/α,β-unsaturated/α-hetero) is 1. The van der Waals surface area contributed by atoms with Crippen LogP contribution in [-0.4, -0.2) is 55.4 Å². The van der Waals surface area contributed by atoms with E-state index in [4.69, 9.17) is 10.8 Å². The molecule has 0 unspecified atom stereocenters. The van der Waals surface area contributed by atoms with Crippen LogP contribution in [0.25, 0.3) is 12.2 Å². The highest BCUT2D eigenvalue weighted by molar-refractivity contribution is 6.13. The van der Waals surface area contributed by atoms with E-state index in [9.17, 15) is 4.79 Å². The molecule has 2 aromatic carbocycles. The molecule has 0 amide bonds. The van der Waals surface area contributed by atoms with E-state index in [2.05, 4.69) is 0 Å². The number of nitrogens with zero attached hydrogens (tertiary/aromatic N) is 2. The number of amidine groups is 2. The van der Waals surface area contributed by atoms with Gasteiger partial charge in [0.2, 0.25) is 0 Å². The van der Waals surface area contributed by atoms with Crippen molar-refractivity contribution in [2.75, 3.05) is 28.2 Å². The van der Waals surface area contributed by atoms with Gasteiger partial charge in [0.25, 0.3) is 0 Å². The van der Waals surface area contributed by atoms with Crippen molar-refractivity contribution < 1.29 is 4.79 Å². The number of nitrogens with one attached hydrogen (secondary N) is 2. The minimum Gasteiger partial charge on any atom is -0.363 e. The van der Waals surface area contributed by atoms with E-state index >= 15 is 0 Å². The Morgan fingerprint density at radius 1 is 0.688 bits per heavy atom. The lowest BCUT2D eigenvalue weighted by atomic mass is 9.97. The second-order valence-electron chi connectivity index (χ2n) is 8.61. The minimum atomic E-state index is 0.123. The fourth-order valence-electron chi connectivity index (χ4n) is 3.73. The summed E-state index contributed by atoms with van der Waals surface area (Å²) in [6, 6.07) is 15.6. The summed E-state index contributed by atoms with van der Waals surface area (Å²) < 4.78 is 0. The van der Waals surface area contributed by atoms with Gasteiger partial charge in [0.1, 0.15) is 11.7 Å². The maximum absolute atomic E-state index is 13.3. The van der Waals surface area contributed by atoms with Gasteiger partial charge < -0.3 is 9.80 Å². The maximum Gasteiger partial charge on any atom is 0.185 e. The highest BCUT2D eigenvalue weighted by Gasteiger charge is 2.19. The lowest BCUT2D eigenvalue weighted by Crippen LogP contribution is -2.21. The first-order chi connectivity index (χ1) is 15.3. The first-order valence-corrected chi connectivity index (χ1v) is 10.9. The SMILES string of the molecule is CN(C)C(=N)c1ccc(/C=C2/CCCC/C(=C\c3ccc(C(=N)N(C)C)cc3)C2=O)cc1. The Morgan fingerprint density at radius 3 is 1.34 bits per heavy atom. The Kier molecular flexibility index (Phi) is 7.41. The topological polar surface area (TPSA) is 71.2 Å². The van der Waals surface area contributed by atoms with Crippen LogP contribution in [0.15, 0.2) is 59.7 Å². The fourth-order valence-corrected chi connectivity index (χ4v) is 3.73. The van der Waals surface area contributed by atoms with E-state index in [1.807, 2.05) is 88.9 Å². The van der Waals surface area contributed by atoms with Crippen LogP contribution in [0.5, 0.6) is 0 Å². The predicted molar refractivity (Wildman–Crippen MR) is 133 cm³/mol. The summed E-state index contributed by atoms with van der Waals surface area (Å²) in [6.07, 6.45) is 7.54. The van der Waals surface area contributed by atoms with Gasteiger partial charge in [-0.3, -0.25) is 15.6 Å². The zero-order valence-corrected chi connectivity index (χ0v) is 19.4. The molecule has 0 radical (unpaired) electrons. The van der Waals surface area contributed by atoms with Crippen molar-refractivity contribution in [2.45, 2.75) is 25.7 Å². The number of hydrogen-bond acceptors (Lipinski definition) is 3. The first kappa shape index (κ1) is 23.2. The minimum absolute atomic E-state index is 0.123. The normalized spacial score (nSPS) is 16.7. The molecule has 1 aliphatic rings. The molecule has 1 saturated carbocycles. The van der Waals surface area contributed by atoms with Gasteiger partial charge in [-0.25, -0.2) is 0 Å². The van der Waals surface area contributed by atoms with Gasteiger partial charge in [0, 0.05) is 50.5 Å². The summed E-state index contributed by atoms with van der Waals surface area (Å²) in [5, 5.41) is 16.2. The van der Waals surface area contributed by atoms with Crippen molar-refractivity contribution >= 4 is 29.6 Å². The van der Waals surface area contributed by atoms with Crippen LogP contribution in [0.3, 0.4) is 0 Å². The molecule has 32 heavy (non-hydrogen) atoms. The van der Waals surface area contributed by atoms with E-state index < -0.39 is 0 Å². The zero-order valence-electron chi connectivity index (χ0n) is 19.4. The molecule has 0 saturated heterocycles. The second-order valence-corrected chi connectivity index (χ2v) is 8.61. The summed E-state index contributed by atoms with van der Waals surface area (Å²) in [5.74, 6) is 1.05. The van der Waals surface area contributed by atoms with Crippen LogP contribution in [0.4, 0.5) is 0 Å². The predicted octanol–water partition coefficient (Wildman–Crippen LogP) is 5.07. The number of allylic oxidation sites excluding steroid dienone is 2. The molecule has 3 rings (SSSR count). The Labute approximate surface area is 191 Å². The largest absolute Gasteiger partial charge is 0.363 e. The molecule has 0 aromatic heterocycles. The number of carbonyl (C=O) groups excluding carboxylic acids is 1. The van der Waals surface area contributed by atoms with E-state index in [-0.39, 0.29) is 5.78 Å². The molecular formula is C27H32N4O. The van der Waals surface area contributed by atoms with E-state index in [1.165, 1.54) is 0 Å². The molecule has 166 valence electrons. The molecule has 2 N–H and O–H groups in total. The summed E-state index contributed by atoms with van der Waals surface area (Å²) in [6.45, 7) is 0. The van der Waals surface area contributed by atoms with Gasteiger partial charge in [0.15, 0.2) is 5.78 Å². The second kappa shape index (κ2) is 10.2. The summed E-state index contributed by atoms with van der Waals surface area (Å²) in [5.41, 5.74) is 5.37. The van der Waals surface area contributed by atoms with Crippen LogP contribution >= 0.6 is 0 Å². The number of rotatable bonds is 4. The van der Waals surface area contributed by atoms with Crippen LogP contribution in [0.1, 0.15) is 47.9 Å². The van der Waals surface area contributed by atoms with E-state index in [0.29, 0.717) is 11.7 Å². The third-order valence-electron chi connectivity index (χ3n) is 5.67. The van der Waals surface area contributed by atoms with Crippen molar-refractivity contribution in [3.63, 3.8) is 0 Å². The van der Waals surface area contributed by atoms with Crippen molar-refractivity contribution in [1.82, 2.24) is 9.80 Å². The molecule has 5 heteroatoms. The standard InChI is InChI=1S/C27H32N4O/c1-30(2)26(28)21-13-9-19(10-14-21)17-23-7-5-6-8-24(25(23)32)18-20-11-15-22(16-12-20)27(29)31(3)4/h9-18,28-29H,5-8H2,1-4H3/b23-17-,24-18+,28-26?,29-27?. The lowest BCUT2D eigenvalue weighted by Gasteiger charge is -2.14. The fraction of sp³-hybridized carbons (Fsp3) is 0.296. The van der Waals surface area contributed by atoms with Gasteiger partial charge in [-0.1, -0.05) is 48.5 Å². The lowest BCUT2D eigenvalue weighted by molar-refractivity contribution is -0.112. The van der Waals surface area contributed by atoms with Crippen LogP contribution in [-0.2, 0) is 4.79 Å². The Hall–Kier alpha value is -3.47. The van der Waals surface area contributed by atoms with Crippen LogP contribution in [0, 0.1) is 10.8 Å². The maximum atomic E-state index is 13.3. The number of benzene rings is 2. The third kappa shape index (κ3) is 5.61. The highest BCUT2D eigenvalue weighted by atomic mass is 16.1. The average molecular weight is 429 g/mol. The summed E-state index contributed by atoms with van der Waals surface area (Å²) in [7, 11) is 7.43. The Balaban J connectivity index is 1.82. The number of carbonyl (C=O) groups is 1. The van der Waals surface area contributed by atoms with Crippen LogP contribution in [0.2, 0.25) is 0 Å². The molecule has 2 aromatic rings. The average Bonchev–Trinajstić information content (AvgIpc) is 2.95. The van der Waals surface area contributed by atoms with E-state index in [1.54, 1.807) is 9.80 Å².